The van der Waals surface area contributed by atoms with Crippen molar-refractivity contribution in [1.29, 1.82) is 0 Å². The summed E-state index contributed by atoms with van der Waals surface area (Å²) in [7, 11) is 2.18. The van der Waals surface area contributed by atoms with Crippen molar-refractivity contribution in [3.63, 3.8) is 0 Å². The van der Waals surface area contributed by atoms with E-state index in [-0.39, 0.29) is 0 Å². The summed E-state index contributed by atoms with van der Waals surface area (Å²) in [4.78, 5) is 13.2. The highest BCUT2D eigenvalue weighted by Gasteiger charge is 2.24. The fourth-order valence-corrected chi connectivity index (χ4v) is 3.11. The number of rotatable bonds is 4. The molecule has 3 nitrogen and oxygen atoms in total. The SMILES string of the molecule is CC1CCCCC1N(C)Cc1ccc(C(=O)O)cc1. The molecule has 2 rings (SSSR count). The minimum Gasteiger partial charge on any atom is -0.478 e. The highest BCUT2D eigenvalue weighted by molar-refractivity contribution is 5.87. The highest BCUT2D eigenvalue weighted by atomic mass is 16.4. The third kappa shape index (κ3) is 3.57. The van der Waals surface area contributed by atoms with Gasteiger partial charge >= 0.3 is 5.97 Å². The molecule has 104 valence electrons. The van der Waals surface area contributed by atoms with E-state index in [9.17, 15) is 4.79 Å². The smallest absolute Gasteiger partial charge is 0.335 e. The first-order valence-corrected chi connectivity index (χ1v) is 7.10. The fourth-order valence-electron chi connectivity index (χ4n) is 3.11. The van der Waals surface area contributed by atoms with Crippen LogP contribution in [0.4, 0.5) is 0 Å². The number of carboxylic acid groups (broad SMARTS) is 1. The molecule has 2 unspecified atom stereocenters. The Labute approximate surface area is 115 Å². The highest BCUT2D eigenvalue weighted by Crippen LogP contribution is 2.28. The summed E-state index contributed by atoms with van der Waals surface area (Å²) in [6.07, 6.45) is 5.30. The number of nitrogens with zero attached hydrogens (tertiary/aromatic N) is 1. The van der Waals surface area contributed by atoms with Gasteiger partial charge in [0.2, 0.25) is 0 Å². The zero-order chi connectivity index (χ0) is 13.8. The Morgan fingerprint density at radius 3 is 2.47 bits per heavy atom. The van der Waals surface area contributed by atoms with Crippen LogP contribution >= 0.6 is 0 Å². The Kier molecular flexibility index (Phi) is 4.59. The first-order valence-electron chi connectivity index (χ1n) is 7.10. The zero-order valence-electron chi connectivity index (χ0n) is 11.8. The van der Waals surface area contributed by atoms with Gasteiger partial charge in [-0.25, -0.2) is 4.79 Å². The second-order valence-electron chi connectivity index (χ2n) is 5.75. The average molecular weight is 261 g/mol. The van der Waals surface area contributed by atoms with Gasteiger partial charge in [-0.3, -0.25) is 4.90 Å². The van der Waals surface area contributed by atoms with Gasteiger partial charge in [-0.05, 0) is 43.5 Å². The van der Waals surface area contributed by atoms with E-state index in [2.05, 4.69) is 18.9 Å². The average Bonchev–Trinajstić information content (AvgIpc) is 2.39. The van der Waals surface area contributed by atoms with Crippen molar-refractivity contribution >= 4 is 5.97 Å². The van der Waals surface area contributed by atoms with Gasteiger partial charge in [0.1, 0.15) is 0 Å². The van der Waals surface area contributed by atoms with Crippen LogP contribution in [0.25, 0.3) is 0 Å². The van der Waals surface area contributed by atoms with E-state index >= 15 is 0 Å². The van der Waals surface area contributed by atoms with E-state index in [0.29, 0.717) is 11.6 Å². The van der Waals surface area contributed by atoms with Crippen LogP contribution in [0.15, 0.2) is 24.3 Å². The molecule has 0 radical (unpaired) electrons. The summed E-state index contributed by atoms with van der Waals surface area (Å²) in [5, 5.41) is 8.89. The molecule has 1 aliphatic carbocycles. The van der Waals surface area contributed by atoms with E-state index in [1.165, 1.54) is 31.2 Å². The molecule has 1 N–H and O–H groups in total. The lowest BCUT2D eigenvalue weighted by Gasteiger charge is -2.36. The van der Waals surface area contributed by atoms with Crippen LogP contribution in [0.2, 0.25) is 0 Å². The minimum atomic E-state index is -0.860. The van der Waals surface area contributed by atoms with Gasteiger partial charge in [0.25, 0.3) is 0 Å². The number of carbonyl (C=O) groups is 1. The van der Waals surface area contributed by atoms with E-state index in [1.807, 2.05) is 12.1 Å². The molecule has 0 aromatic heterocycles. The maximum absolute atomic E-state index is 10.8. The molecule has 1 aromatic carbocycles. The van der Waals surface area contributed by atoms with Gasteiger partial charge in [0.05, 0.1) is 5.56 Å². The molecule has 0 spiro atoms. The van der Waals surface area contributed by atoms with Crippen molar-refractivity contribution in [3.8, 4) is 0 Å². The summed E-state index contributed by atoms with van der Waals surface area (Å²) in [5.41, 5.74) is 1.54. The Morgan fingerprint density at radius 1 is 1.26 bits per heavy atom. The van der Waals surface area contributed by atoms with E-state index in [0.717, 1.165) is 12.5 Å². The van der Waals surface area contributed by atoms with Crippen molar-refractivity contribution < 1.29 is 9.90 Å². The summed E-state index contributed by atoms with van der Waals surface area (Å²) in [5.74, 6) is -0.0992. The molecule has 0 aliphatic heterocycles. The largest absolute Gasteiger partial charge is 0.478 e. The molecule has 19 heavy (non-hydrogen) atoms. The van der Waals surface area contributed by atoms with Gasteiger partial charge in [-0.2, -0.15) is 0 Å². The van der Waals surface area contributed by atoms with Crippen molar-refractivity contribution in [3.05, 3.63) is 35.4 Å². The van der Waals surface area contributed by atoms with Crippen LogP contribution in [0.5, 0.6) is 0 Å². The molecule has 1 aliphatic rings. The molecular formula is C16H23NO2. The molecule has 0 amide bonds. The lowest BCUT2D eigenvalue weighted by molar-refractivity contribution is 0.0697. The first kappa shape index (κ1) is 14.1. The normalized spacial score (nSPS) is 23.5. The molecule has 3 heteroatoms. The zero-order valence-corrected chi connectivity index (χ0v) is 11.8. The Bertz CT molecular complexity index is 427. The molecule has 0 bridgehead atoms. The third-order valence-electron chi connectivity index (χ3n) is 4.27. The topological polar surface area (TPSA) is 40.5 Å². The van der Waals surface area contributed by atoms with Gasteiger partial charge in [0.15, 0.2) is 0 Å². The monoisotopic (exact) mass is 261 g/mol. The number of aromatic carboxylic acids is 1. The fraction of sp³-hybridized carbons (Fsp3) is 0.562. The number of hydrogen-bond donors (Lipinski definition) is 1. The summed E-state index contributed by atoms with van der Waals surface area (Å²) < 4.78 is 0. The molecule has 1 aromatic rings. The van der Waals surface area contributed by atoms with Crippen LogP contribution in [0.3, 0.4) is 0 Å². The predicted octanol–water partition coefficient (Wildman–Crippen LogP) is 3.40. The lowest BCUT2D eigenvalue weighted by Crippen LogP contribution is -2.38. The summed E-state index contributed by atoms with van der Waals surface area (Å²) in [6.45, 7) is 3.24. The molecule has 1 fully saturated rings. The third-order valence-corrected chi connectivity index (χ3v) is 4.27. The van der Waals surface area contributed by atoms with Gasteiger partial charge in [0, 0.05) is 12.6 Å². The van der Waals surface area contributed by atoms with Crippen LogP contribution < -0.4 is 0 Å². The van der Waals surface area contributed by atoms with Gasteiger partial charge in [-0.1, -0.05) is 31.9 Å². The molecule has 1 saturated carbocycles. The number of carboxylic acids is 1. The second kappa shape index (κ2) is 6.20. The van der Waals surface area contributed by atoms with Gasteiger partial charge < -0.3 is 5.11 Å². The first-order chi connectivity index (χ1) is 9.08. The van der Waals surface area contributed by atoms with Gasteiger partial charge in [-0.15, -0.1) is 0 Å². The van der Waals surface area contributed by atoms with Crippen LogP contribution in [-0.4, -0.2) is 29.1 Å². The molecular weight excluding hydrogens is 238 g/mol. The quantitative estimate of drug-likeness (QED) is 0.903. The van der Waals surface area contributed by atoms with Crippen LogP contribution in [0, 0.1) is 5.92 Å². The number of hydrogen-bond acceptors (Lipinski definition) is 2. The van der Waals surface area contributed by atoms with Crippen molar-refractivity contribution in [1.82, 2.24) is 4.90 Å². The second-order valence-corrected chi connectivity index (χ2v) is 5.75. The van der Waals surface area contributed by atoms with E-state index < -0.39 is 5.97 Å². The molecule has 2 atom stereocenters. The lowest BCUT2D eigenvalue weighted by atomic mass is 9.85. The van der Waals surface area contributed by atoms with Crippen molar-refractivity contribution in [2.24, 2.45) is 5.92 Å². The maximum atomic E-state index is 10.8. The van der Waals surface area contributed by atoms with E-state index in [1.54, 1.807) is 12.1 Å². The minimum absolute atomic E-state index is 0.359. The maximum Gasteiger partial charge on any atom is 0.335 e. The molecule has 0 saturated heterocycles. The van der Waals surface area contributed by atoms with Crippen molar-refractivity contribution in [2.75, 3.05) is 7.05 Å². The number of benzene rings is 1. The molecule has 0 heterocycles. The predicted molar refractivity (Wildman–Crippen MR) is 76.3 cm³/mol. The summed E-state index contributed by atoms with van der Waals surface area (Å²) in [6, 6.07) is 7.89. The standard InChI is InChI=1S/C16H23NO2/c1-12-5-3-4-6-15(12)17(2)11-13-7-9-14(10-8-13)16(18)19/h7-10,12,15H,3-6,11H2,1-2H3,(H,18,19). The van der Waals surface area contributed by atoms with Crippen molar-refractivity contribution in [2.45, 2.75) is 45.2 Å². The van der Waals surface area contributed by atoms with E-state index in [4.69, 9.17) is 5.11 Å². The van der Waals surface area contributed by atoms with Crippen LogP contribution in [0.1, 0.15) is 48.5 Å². The Morgan fingerprint density at radius 2 is 1.89 bits per heavy atom. The Balaban J connectivity index is 1.97. The Hall–Kier alpha value is -1.35. The summed E-state index contributed by atoms with van der Waals surface area (Å²) >= 11 is 0. The van der Waals surface area contributed by atoms with Crippen LogP contribution in [-0.2, 0) is 6.54 Å².